The molecule has 5 aromatic rings. The van der Waals surface area contributed by atoms with Gasteiger partial charge in [-0.25, -0.2) is 9.97 Å². The first-order valence-corrected chi connectivity index (χ1v) is 8.52. The highest BCUT2D eigenvalue weighted by atomic mass is 16.5. The summed E-state index contributed by atoms with van der Waals surface area (Å²) in [5.74, 6) is 1.93. The topological polar surface area (TPSA) is 80.7 Å². The molecular formula is C20H16N6O. The average Bonchev–Trinajstić information content (AvgIpc) is 3.27. The molecule has 0 aliphatic rings. The number of ether oxygens (including phenoxy) is 1. The Labute approximate surface area is 154 Å². The van der Waals surface area contributed by atoms with Crippen molar-refractivity contribution in [2.45, 2.75) is 0 Å². The first kappa shape index (κ1) is 15.4. The maximum absolute atomic E-state index is 5.96. The molecule has 27 heavy (non-hydrogen) atoms. The number of H-pyrrole nitrogens is 1. The Hall–Kier alpha value is -3.87. The lowest BCUT2D eigenvalue weighted by atomic mass is 10.3. The molecule has 0 atom stereocenters. The zero-order valence-electron chi connectivity index (χ0n) is 14.5. The molecule has 0 saturated carbocycles. The van der Waals surface area contributed by atoms with Crippen molar-refractivity contribution in [1.29, 1.82) is 0 Å². The molecule has 3 aromatic heterocycles. The largest absolute Gasteiger partial charge is 0.437 e. The van der Waals surface area contributed by atoms with Gasteiger partial charge in [0.15, 0.2) is 0 Å². The van der Waals surface area contributed by atoms with Gasteiger partial charge in [-0.05, 0) is 42.5 Å². The summed E-state index contributed by atoms with van der Waals surface area (Å²) >= 11 is 0. The zero-order valence-corrected chi connectivity index (χ0v) is 14.5. The molecule has 0 bridgehead atoms. The van der Waals surface area contributed by atoms with Crippen molar-refractivity contribution in [3.05, 3.63) is 67.1 Å². The quantitative estimate of drug-likeness (QED) is 0.499. The minimum Gasteiger partial charge on any atom is -0.437 e. The van der Waals surface area contributed by atoms with Gasteiger partial charge in [0.2, 0.25) is 11.8 Å². The number of rotatable bonds is 4. The number of nitrogens with one attached hydrogen (secondary N) is 2. The van der Waals surface area contributed by atoms with Crippen LogP contribution in [-0.2, 0) is 7.05 Å². The molecule has 7 nitrogen and oxygen atoms in total. The minimum absolute atomic E-state index is 0.533. The highest BCUT2D eigenvalue weighted by molar-refractivity contribution is 5.80. The number of nitrogens with zero attached hydrogens (tertiary/aromatic N) is 4. The van der Waals surface area contributed by atoms with Crippen LogP contribution in [0.25, 0.3) is 22.1 Å². The summed E-state index contributed by atoms with van der Waals surface area (Å²) < 4.78 is 7.91. The Morgan fingerprint density at radius 2 is 1.81 bits per heavy atom. The van der Waals surface area contributed by atoms with Crippen LogP contribution in [0.5, 0.6) is 11.6 Å². The van der Waals surface area contributed by atoms with E-state index in [4.69, 9.17) is 4.74 Å². The third-order valence-corrected chi connectivity index (χ3v) is 4.35. The maximum Gasteiger partial charge on any atom is 0.247 e. The van der Waals surface area contributed by atoms with Crippen molar-refractivity contribution >= 4 is 33.7 Å². The van der Waals surface area contributed by atoms with Gasteiger partial charge in [-0.1, -0.05) is 12.1 Å². The van der Waals surface area contributed by atoms with E-state index in [1.54, 1.807) is 0 Å². The predicted molar refractivity (Wildman–Crippen MR) is 104 cm³/mol. The molecule has 0 spiro atoms. The third kappa shape index (κ3) is 2.85. The van der Waals surface area contributed by atoms with E-state index in [0.29, 0.717) is 17.6 Å². The van der Waals surface area contributed by atoms with Crippen LogP contribution in [0.3, 0.4) is 0 Å². The summed E-state index contributed by atoms with van der Waals surface area (Å²) in [6, 6.07) is 17.5. The zero-order chi connectivity index (χ0) is 18.2. The van der Waals surface area contributed by atoms with E-state index < -0.39 is 0 Å². The van der Waals surface area contributed by atoms with Crippen molar-refractivity contribution in [2.24, 2.45) is 7.05 Å². The normalized spacial score (nSPS) is 11.1. The number of benzene rings is 2. The van der Waals surface area contributed by atoms with Crippen LogP contribution >= 0.6 is 0 Å². The number of anilines is 2. The second-order valence-corrected chi connectivity index (χ2v) is 6.19. The Balaban J connectivity index is 1.37. The number of aromatic nitrogens is 5. The first-order valence-electron chi connectivity index (χ1n) is 8.52. The third-order valence-electron chi connectivity index (χ3n) is 4.35. The van der Waals surface area contributed by atoms with E-state index in [0.717, 1.165) is 27.8 Å². The van der Waals surface area contributed by atoms with Gasteiger partial charge >= 0.3 is 0 Å². The number of para-hydroxylation sites is 2. The van der Waals surface area contributed by atoms with Crippen molar-refractivity contribution < 1.29 is 4.74 Å². The Morgan fingerprint density at radius 3 is 2.67 bits per heavy atom. The number of aryl methyl sites for hydroxylation is 1. The van der Waals surface area contributed by atoms with Crippen molar-refractivity contribution in [3.63, 3.8) is 0 Å². The molecule has 0 amide bonds. The van der Waals surface area contributed by atoms with Gasteiger partial charge in [0, 0.05) is 18.9 Å². The van der Waals surface area contributed by atoms with Crippen LogP contribution in [0, 0.1) is 0 Å². The van der Waals surface area contributed by atoms with Gasteiger partial charge in [-0.2, -0.15) is 4.98 Å². The lowest BCUT2D eigenvalue weighted by Gasteiger charge is -2.08. The van der Waals surface area contributed by atoms with Gasteiger partial charge in [0.25, 0.3) is 0 Å². The van der Waals surface area contributed by atoms with Gasteiger partial charge in [-0.3, -0.25) is 0 Å². The lowest BCUT2D eigenvalue weighted by molar-refractivity contribution is 0.465. The number of hydrogen-bond donors (Lipinski definition) is 2. The maximum atomic E-state index is 5.96. The number of fused-ring (bicyclic) bond motifs is 2. The van der Waals surface area contributed by atoms with E-state index in [-0.39, 0.29) is 0 Å². The summed E-state index contributed by atoms with van der Waals surface area (Å²) in [4.78, 5) is 16.3. The van der Waals surface area contributed by atoms with Crippen LogP contribution in [-0.4, -0.2) is 24.5 Å². The van der Waals surface area contributed by atoms with Gasteiger partial charge in [0.05, 0.1) is 16.6 Å². The predicted octanol–water partition coefficient (Wildman–Crippen LogP) is 4.38. The Bertz CT molecular complexity index is 1210. The molecule has 2 N–H and O–H groups in total. The summed E-state index contributed by atoms with van der Waals surface area (Å²) in [6.45, 7) is 0. The molecule has 132 valence electrons. The molecule has 7 heteroatoms. The Morgan fingerprint density at radius 1 is 0.963 bits per heavy atom. The summed E-state index contributed by atoms with van der Waals surface area (Å²) in [5, 5.41) is 3.27. The molecule has 0 aliphatic carbocycles. The molecule has 0 unspecified atom stereocenters. The second-order valence-electron chi connectivity index (χ2n) is 6.19. The van der Waals surface area contributed by atoms with Crippen LogP contribution in [0.2, 0.25) is 0 Å². The van der Waals surface area contributed by atoms with E-state index in [1.807, 2.05) is 72.4 Å². The summed E-state index contributed by atoms with van der Waals surface area (Å²) in [5.41, 5.74) is 4.55. The van der Waals surface area contributed by atoms with Crippen LogP contribution in [0.1, 0.15) is 0 Å². The first-order chi connectivity index (χ1) is 13.3. The minimum atomic E-state index is 0.533. The molecule has 0 saturated heterocycles. The average molecular weight is 356 g/mol. The monoisotopic (exact) mass is 356 g/mol. The fourth-order valence-electron chi connectivity index (χ4n) is 3.03. The van der Waals surface area contributed by atoms with Crippen LogP contribution in [0.4, 0.5) is 11.6 Å². The van der Waals surface area contributed by atoms with Crippen molar-refractivity contribution in [3.8, 4) is 11.6 Å². The summed E-state index contributed by atoms with van der Waals surface area (Å²) in [7, 11) is 1.94. The lowest BCUT2D eigenvalue weighted by Crippen LogP contribution is -1.95. The number of imidazole rings is 1. The second kappa shape index (κ2) is 6.14. The molecule has 0 radical (unpaired) electrons. The van der Waals surface area contributed by atoms with Gasteiger partial charge < -0.3 is 19.6 Å². The van der Waals surface area contributed by atoms with Gasteiger partial charge in [0.1, 0.15) is 17.6 Å². The summed E-state index contributed by atoms with van der Waals surface area (Å²) in [6.07, 6.45) is 3.45. The Kier molecular flexibility index (Phi) is 3.50. The fraction of sp³-hybridized carbons (Fsp3) is 0.0500. The molecule has 0 aliphatic heterocycles. The fourth-order valence-corrected chi connectivity index (χ4v) is 3.03. The van der Waals surface area contributed by atoms with Crippen LogP contribution in [0.15, 0.2) is 67.1 Å². The van der Waals surface area contributed by atoms with E-state index in [9.17, 15) is 0 Å². The smallest absolute Gasteiger partial charge is 0.247 e. The molecular weight excluding hydrogens is 340 g/mol. The molecule has 2 aromatic carbocycles. The van der Waals surface area contributed by atoms with E-state index in [2.05, 4.69) is 25.3 Å². The number of hydrogen-bond acceptors (Lipinski definition) is 5. The molecule has 5 rings (SSSR count). The SMILES string of the molecule is Cn1ccc2ncnc(Oc3ccc(Nc4nc5ccccc5[nH]4)cc3)c21. The van der Waals surface area contributed by atoms with Gasteiger partial charge in [-0.15, -0.1) is 0 Å². The molecule has 0 fully saturated rings. The van der Waals surface area contributed by atoms with Crippen LogP contribution < -0.4 is 10.1 Å². The van der Waals surface area contributed by atoms with Crippen molar-refractivity contribution in [2.75, 3.05) is 5.32 Å². The van der Waals surface area contributed by atoms with Crippen molar-refractivity contribution in [1.82, 2.24) is 24.5 Å². The highest BCUT2D eigenvalue weighted by Crippen LogP contribution is 2.28. The van der Waals surface area contributed by atoms with E-state index in [1.165, 1.54) is 6.33 Å². The standard InChI is InChI=1S/C20H16N6O/c1-26-11-10-17-18(26)19(22-12-21-17)27-14-8-6-13(7-9-14)23-20-24-15-4-2-3-5-16(15)25-20/h2-12H,1H3,(H2,23,24,25). The molecule has 3 heterocycles. The number of aromatic amines is 1. The highest BCUT2D eigenvalue weighted by Gasteiger charge is 2.10. The van der Waals surface area contributed by atoms with E-state index >= 15 is 0 Å².